The minimum absolute atomic E-state index is 0.0862. The average Bonchev–Trinajstić information content (AvgIpc) is 2.60. The van der Waals surface area contributed by atoms with Gasteiger partial charge in [-0.1, -0.05) is 24.3 Å². The van der Waals surface area contributed by atoms with E-state index in [1.54, 1.807) is 31.4 Å². The second-order valence-electron chi connectivity index (χ2n) is 5.18. The molecule has 1 amide bonds. The van der Waals surface area contributed by atoms with Crippen LogP contribution >= 0.6 is 0 Å². The summed E-state index contributed by atoms with van der Waals surface area (Å²) in [6.45, 7) is 2.29. The smallest absolute Gasteiger partial charge is 0.279 e. The molecule has 0 bridgehead atoms. The predicted molar refractivity (Wildman–Crippen MR) is 88.0 cm³/mol. The van der Waals surface area contributed by atoms with Crippen molar-refractivity contribution in [3.63, 3.8) is 0 Å². The normalized spacial score (nSPS) is 11.3. The van der Waals surface area contributed by atoms with E-state index in [0.29, 0.717) is 11.3 Å². The zero-order valence-corrected chi connectivity index (χ0v) is 13.2. The van der Waals surface area contributed by atoms with Gasteiger partial charge in [-0.3, -0.25) is 4.79 Å². The number of benzene rings is 2. The molecule has 0 aliphatic rings. The molecule has 0 heterocycles. The van der Waals surface area contributed by atoms with Gasteiger partial charge in [0.05, 0.1) is 23.9 Å². The molecule has 5 nitrogen and oxygen atoms in total. The van der Waals surface area contributed by atoms with Crippen molar-refractivity contribution in [2.24, 2.45) is 0 Å². The highest BCUT2D eigenvalue weighted by atomic mass is 16.5. The van der Waals surface area contributed by atoms with Crippen molar-refractivity contribution in [1.82, 2.24) is 0 Å². The van der Waals surface area contributed by atoms with Crippen LogP contribution in [0.15, 0.2) is 48.5 Å². The molecule has 0 saturated carbocycles. The number of carbonyl (C=O) groups excluding carboxylic acids is 1. The second-order valence-corrected chi connectivity index (χ2v) is 5.18. The lowest BCUT2D eigenvalue weighted by molar-refractivity contribution is -0.682. The Morgan fingerprint density at radius 2 is 1.96 bits per heavy atom. The molecule has 2 rings (SSSR count). The number of hydrogen-bond donors (Lipinski definition) is 2. The minimum Gasteiger partial charge on any atom is -0.496 e. The molecular weight excluding hydrogens is 290 g/mol. The quantitative estimate of drug-likeness (QED) is 0.854. The molecule has 1 atom stereocenters. The van der Waals surface area contributed by atoms with E-state index in [4.69, 9.17) is 10.00 Å². The summed E-state index contributed by atoms with van der Waals surface area (Å²) in [5, 5.41) is 13.7. The van der Waals surface area contributed by atoms with E-state index in [2.05, 4.69) is 11.4 Å². The summed E-state index contributed by atoms with van der Waals surface area (Å²) in [4.78, 5) is 12.1. The van der Waals surface area contributed by atoms with Gasteiger partial charge in [-0.2, -0.15) is 5.26 Å². The van der Waals surface area contributed by atoms with E-state index in [1.807, 2.05) is 36.5 Å². The zero-order valence-electron chi connectivity index (χ0n) is 13.2. The van der Waals surface area contributed by atoms with Crippen LogP contribution in [0.4, 0.5) is 5.69 Å². The van der Waals surface area contributed by atoms with Gasteiger partial charge < -0.3 is 15.4 Å². The van der Waals surface area contributed by atoms with Crippen molar-refractivity contribution in [2.45, 2.75) is 13.0 Å². The number of nitrogens with two attached hydrogens (primary N) is 1. The maximum Gasteiger partial charge on any atom is 0.279 e. The number of ether oxygens (including phenoxy) is 1. The van der Waals surface area contributed by atoms with E-state index in [-0.39, 0.29) is 18.5 Å². The molecular formula is C18H20N3O2+. The lowest BCUT2D eigenvalue weighted by Gasteiger charge is -2.14. The highest BCUT2D eigenvalue weighted by Crippen LogP contribution is 2.21. The van der Waals surface area contributed by atoms with Gasteiger partial charge >= 0.3 is 0 Å². The fourth-order valence-electron chi connectivity index (χ4n) is 2.34. The first-order valence-electron chi connectivity index (χ1n) is 7.41. The number of hydrogen-bond acceptors (Lipinski definition) is 3. The van der Waals surface area contributed by atoms with Gasteiger partial charge in [-0.15, -0.1) is 0 Å². The lowest BCUT2D eigenvalue weighted by Crippen LogP contribution is -2.86. The molecule has 0 saturated heterocycles. The summed E-state index contributed by atoms with van der Waals surface area (Å²) < 4.78 is 5.34. The fourth-order valence-corrected chi connectivity index (χ4v) is 2.34. The highest BCUT2D eigenvalue weighted by molar-refractivity contribution is 5.92. The molecule has 2 aromatic rings. The Bertz CT molecular complexity index is 722. The second kappa shape index (κ2) is 7.97. The summed E-state index contributed by atoms with van der Waals surface area (Å²) in [7, 11) is 1.64. The topological polar surface area (TPSA) is 78.7 Å². The van der Waals surface area contributed by atoms with Crippen LogP contribution in [0.3, 0.4) is 0 Å². The number of nitrogens with one attached hydrogen (secondary N) is 1. The van der Waals surface area contributed by atoms with Crippen molar-refractivity contribution in [3.05, 3.63) is 59.7 Å². The number of quaternary nitrogens is 1. The maximum atomic E-state index is 12.1. The molecule has 5 heteroatoms. The molecule has 0 aliphatic heterocycles. The summed E-state index contributed by atoms with van der Waals surface area (Å²) >= 11 is 0. The zero-order chi connectivity index (χ0) is 16.7. The fraction of sp³-hybridized carbons (Fsp3) is 0.222. The van der Waals surface area contributed by atoms with Crippen LogP contribution in [0.25, 0.3) is 0 Å². The first-order chi connectivity index (χ1) is 11.2. The van der Waals surface area contributed by atoms with Gasteiger partial charge in [0.2, 0.25) is 0 Å². The average molecular weight is 310 g/mol. The number of amides is 1. The van der Waals surface area contributed by atoms with E-state index in [0.717, 1.165) is 11.3 Å². The Balaban J connectivity index is 1.95. The molecule has 0 spiro atoms. The molecule has 0 aromatic heterocycles. The van der Waals surface area contributed by atoms with Crippen LogP contribution in [-0.4, -0.2) is 19.6 Å². The number of para-hydroxylation sites is 2. The largest absolute Gasteiger partial charge is 0.496 e. The van der Waals surface area contributed by atoms with Crippen LogP contribution in [0.1, 0.15) is 24.1 Å². The number of rotatable bonds is 6. The van der Waals surface area contributed by atoms with Crippen LogP contribution in [0.2, 0.25) is 0 Å². The monoisotopic (exact) mass is 310 g/mol. The number of nitrogens with zero attached hydrogens (tertiary/aromatic N) is 1. The third kappa shape index (κ3) is 4.31. The van der Waals surface area contributed by atoms with Crippen LogP contribution in [0, 0.1) is 11.3 Å². The maximum absolute atomic E-state index is 12.1. The van der Waals surface area contributed by atoms with Crippen molar-refractivity contribution < 1.29 is 14.8 Å². The lowest BCUT2D eigenvalue weighted by atomic mass is 10.1. The van der Waals surface area contributed by atoms with E-state index in [9.17, 15) is 4.79 Å². The van der Waals surface area contributed by atoms with Crippen molar-refractivity contribution in [3.8, 4) is 11.8 Å². The molecule has 2 aromatic carbocycles. The van der Waals surface area contributed by atoms with Gasteiger partial charge in [0.25, 0.3) is 5.91 Å². The molecule has 0 aliphatic carbocycles. The highest BCUT2D eigenvalue weighted by Gasteiger charge is 2.15. The summed E-state index contributed by atoms with van der Waals surface area (Å²) in [6.07, 6.45) is 0. The van der Waals surface area contributed by atoms with Crippen LogP contribution < -0.4 is 15.4 Å². The third-order valence-corrected chi connectivity index (χ3v) is 3.61. The minimum atomic E-state index is -0.144. The predicted octanol–water partition coefficient (Wildman–Crippen LogP) is 1.83. The Hall–Kier alpha value is -2.84. The van der Waals surface area contributed by atoms with Gasteiger partial charge in [0.15, 0.2) is 6.54 Å². The van der Waals surface area contributed by atoms with Crippen molar-refractivity contribution >= 4 is 11.6 Å². The summed E-state index contributed by atoms with van der Waals surface area (Å²) in [5.41, 5.74) is 2.04. The van der Waals surface area contributed by atoms with Gasteiger partial charge in [-0.25, -0.2) is 0 Å². The first-order valence-corrected chi connectivity index (χ1v) is 7.41. The SMILES string of the molecule is COc1ccccc1[C@@H](C)[NH2+]CC(=O)Nc1ccccc1C#N. The van der Waals surface area contributed by atoms with Gasteiger partial charge in [0.1, 0.15) is 17.9 Å². The summed E-state index contributed by atoms with van der Waals surface area (Å²) in [6, 6.07) is 16.9. The standard InChI is InChI=1S/C18H19N3O2/c1-13(15-8-4-6-10-17(15)23-2)20-12-18(22)21-16-9-5-3-7-14(16)11-19/h3-10,13,20H,12H2,1-2H3,(H,21,22)/p+1/t13-/m1/s1. The number of nitriles is 1. The Labute approximate surface area is 135 Å². The molecule has 3 N–H and O–H groups in total. The van der Waals surface area contributed by atoms with Crippen molar-refractivity contribution in [2.75, 3.05) is 19.0 Å². The summed E-state index contributed by atoms with van der Waals surface area (Å²) in [5.74, 6) is 0.668. The van der Waals surface area contributed by atoms with Crippen LogP contribution in [-0.2, 0) is 4.79 Å². The van der Waals surface area contributed by atoms with Crippen LogP contribution in [0.5, 0.6) is 5.75 Å². The molecule has 0 radical (unpaired) electrons. The third-order valence-electron chi connectivity index (χ3n) is 3.61. The number of carbonyl (C=O) groups is 1. The number of anilines is 1. The molecule has 0 fully saturated rings. The van der Waals surface area contributed by atoms with Crippen molar-refractivity contribution in [1.29, 1.82) is 5.26 Å². The van der Waals surface area contributed by atoms with E-state index >= 15 is 0 Å². The Morgan fingerprint density at radius 3 is 2.70 bits per heavy atom. The van der Waals surface area contributed by atoms with Gasteiger partial charge in [-0.05, 0) is 31.2 Å². The first kappa shape index (κ1) is 16.5. The number of methoxy groups -OCH3 is 1. The van der Waals surface area contributed by atoms with E-state index in [1.165, 1.54) is 0 Å². The molecule has 0 unspecified atom stereocenters. The Kier molecular flexibility index (Phi) is 5.73. The van der Waals surface area contributed by atoms with E-state index < -0.39 is 0 Å². The van der Waals surface area contributed by atoms with Gasteiger partial charge in [0, 0.05) is 0 Å². The molecule has 23 heavy (non-hydrogen) atoms. The molecule has 118 valence electrons. The Morgan fingerprint density at radius 1 is 1.26 bits per heavy atom.